The first-order valence-electron chi connectivity index (χ1n) is 6.70. The minimum Gasteiger partial charge on any atom is -0.372 e. The molecule has 1 aliphatic heterocycles. The van der Waals surface area contributed by atoms with Crippen LogP contribution in [0.4, 0.5) is 11.5 Å². The SMILES string of the molecule is COC(C)C(=O)N1CCN(c2ncccc2[N+](=O)[O-])CC1. The van der Waals surface area contributed by atoms with Gasteiger partial charge in [0.15, 0.2) is 0 Å². The quantitative estimate of drug-likeness (QED) is 0.599. The van der Waals surface area contributed by atoms with Gasteiger partial charge in [0.1, 0.15) is 6.10 Å². The first kappa shape index (κ1) is 15.2. The van der Waals surface area contributed by atoms with Gasteiger partial charge in [-0.05, 0) is 13.0 Å². The van der Waals surface area contributed by atoms with Gasteiger partial charge in [-0.15, -0.1) is 0 Å². The van der Waals surface area contributed by atoms with Crippen molar-refractivity contribution in [2.75, 3.05) is 38.2 Å². The van der Waals surface area contributed by atoms with Crippen molar-refractivity contribution in [2.45, 2.75) is 13.0 Å². The highest BCUT2D eigenvalue weighted by molar-refractivity contribution is 5.80. The maximum absolute atomic E-state index is 12.0. The van der Waals surface area contributed by atoms with Crippen LogP contribution >= 0.6 is 0 Å². The number of hydrogen-bond acceptors (Lipinski definition) is 6. The summed E-state index contributed by atoms with van der Waals surface area (Å²) in [4.78, 5) is 30.2. The van der Waals surface area contributed by atoms with Crippen LogP contribution < -0.4 is 4.90 Å². The number of pyridine rings is 1. The van der Waals surface area contributed by atoms with E-state index in [4.69, 9.17) is 4.74 Å². The molecule has 1 aromatic heterocycles. The second-order valence-electron chi connectivity index (χ2n) is 4.79. The van der Waals surface area contributed by atoms with E-state index in [1.807, 2.05) is 4.90 Å². The Balaban J connectivity index is 2.05. The van der Waals surface area contributed by atoms with Gasteiger partial charge >= 0.3 is 5.69 Å². The molecule has 0 N–H and O–H groups in total. The summed E-state index contributed by atoms with van der Waals surface area (Å²) in [6.07, 6.45) is 1.06. The molecule has 1 atom stereocenters. The molecule has 1 unspecified atom stereocenters. The van der Waals surface area contributed by atoms with Crippen molar-refractivity contribution in [2.24, 2.45) is 0 Å². The number of carbonyl (C=O) groups is 1. The molecule has 0 radical (unpaired) electrons. The van der Waals surface area contributed by atoms with Crippen molar-refractivity contribution in [1.82, 2.24) is 9.88 Å². The molecule has 2 rings (SSSR count). The molecule has 0 bridgehead atoms. The molecular formula is C13H18N4O4. The Kier molecular flexibility index (Phi) is 4.69. The fourth-order valence-corrected chi connectivity index (χ4v) is 2.27. The lowest BCUT2D eigenvalue weighted by Crippen LogP contribution is -2.51. The Morgan fingerprint density at radius 3 is 2.67 bits per heavy atom. The summed E-state index contributed by atoms with van der Waals surface area (Å²) in [5.74, 6) is 0.294. The van der Waals surface area contributed by atoms with Gasteiger partial charge in [0.2, 0.25) is 5.82 Å². The second kappa shape index (κ2) is 6.49. The predicted molar refractivity (Wildman–Crippen MR) is 76.2 cm³/mol. The summed E-state index contributed by atoms with van der Waals surface area (Å²) in [6.45, 7) is 3.74. The van der Waals surface area contributed by atoms with Crippen LogP contribution in [-0.4, -0.2) is 60.1 Å². The molecule has 0 spiro atoms. The number of methoxy groups -OCH3 is 1. The van der Waals surface area contributed by atoms with Crippen LogP contribution in [0.1, 0.15) is 6.92 Å². The predicted octanol–water partition coefficient (Wildman–Crippen LogP) is 0.673. The zero-order chi connectivity index (χ0) is 15.4. The minimum atomic E-state index is -0.472. The van der Waals surface area contributed by atoms with Crippen molar-refractivity contribution in [1.29, 1.82) is 0 Å². The van der Waals surface area contributed by atoms with Gasteiger partial charge in [0.25, 0.3) is 5.91 Å². The Hall–Kier alpha value is -2.22. The van der Waals surface area contributed by atoms with Gasteiger partial charge in [0.05, 0.1) is 4.92 Å². The highest BCUT2D eigenvalue weighted by Gasteiger charge is 2.28. The van der Waals surface area contributed by atoms with Crippen LogP contribution in [0.15, 0.2) is 18.3 Å². The molecule has 1 amide bonds. The number of ether oxygens (including phenoxy) is 1. The van der Waals surface area contributed by atoms with Crippen molar-refractivity contribution in [3.8, 4) is 0 Å². The van der Waals surface area contributed by atoms with Crippen LogP contribution in [-0.2, 0) is 9.53 Å². The summed E-state index contributed by atoms with van der Waals surface area (Å²) in [7, 11) is 1.50. The molecular weight excluding hydrogens is 276 g/mol. The maximum Gasteiger partial charge on any atom is 0.311 e. The third-order valence-electron chi connectivity index (χ3n) is 3.55. The van der Waals surface area contributed by atoms with E-state index in [0.717, 1.165) is 0 Å². The molecule has 1 aromatic rings. The summed E-state index contributed by atoms with van der Waals surface area (Å²) in [5, 5.41) is 11.0. The van der Waals surface area contributed by atoms with Crippen molar-refractivity contribution < 1.29 is 14.5 Å². The van der Waals surface area contributed by atoms with Crippen molar-refractivity contribution in [3.63, 3.8) is 0 Å². The van der Waals surface area contributed by atoms with Crippen LogP contribution in [0.5, 0.6) is 0 Å². The lowest BCUT2D eigenvalue weighted by molar-refractivity contribution is -0.384. The van der Waals surface area contributed by atoms with Crippen molar-refractivity contribution in [3.05, 3.63) is 28.4 Å². The minimum absolute atomic E-state index is 0.0115. The molecule has 0 aromatic carbocycles. The number of nitrogens with zero attached hydrogens (tertiary/aromatic N) is 4. The van der Waals surface area contributed by atoms with Gasteiger partial charge in [-0.2, -0.15) is 0 Å². The van der Waals surface area contributed by atoms with E-state index in [9.17, 15) is 14.9 Å². The first-order chi connectivity index (χ1) is 10.0. The van der Waals surface area contributed by atoms with E-state index < -0.39 is 11.0 Å². The number of hydrogen-bond donors (Lipinski definition) is 0. The molecule has 1 fully saturated rings. The third-order valence-corrected chi connectivity index (χ3v) is 3.55. The maximum atomic E-state index is 12.0. The zero-order valence-electron chi connectivity index (χ0n) is 12.1. The van der Waals surface area contributed by atoms with E-state index in [-0.39, 0.29) is 11.6 Å². The first-order valence-corrected chi connectivity index (χ1v) is 6.70. The molecule has 0 aliphatic carbocycles. The molecule has 114 valence electrons. The monoisotopic (exact) mass is 294 g/mol. The number of nitro groups is 1. The zero-order valence-corrected chi connectivity index (χ0v) is 12.1. The van der Waals surface area contributed by atoms with Gasteiger partial charge in [-0.3, -0.25) is 14.9 Å². The Morgan fingerprint density at radius 1 is 1.43 bits per heavy atom. The lowest BCUT2D eigenvalue weighted by Gasteiger charge is -2.35. The number of aromatic nitrogens is 1. The fourth-order valence-electron chi connectivity index (χ4n) is 2.27. The highest BCUT2D eigenvalue weighted by atomic mass is 16.6. The van der Waals surface area contributed by atoms with E-state index in [1.54, 1.807) is 17.9 Å². The molecule has 21 heavy (non-hydrogen) atoms. The summed E-state index contributed by atoms with van der Waals surface area (Å²) >= 11 is 0. The topological polar surface area (TPSA) is 88.8 Å². The number of carbonyl (C=O) groups excluding carboxylic acids is 1. The average Bonchev–Trinajstić information content (AvgIpc) is 2.53. The molecule has 0 saturated carbocycles. The number of piperazine rings is 1. The molecule has 1 aliphatic rings. The summed E-state index contributed by atoms with van der Waals surface area (Å²) < 4.78 is 5.02. The van der Waals surface area contributed by atoms with Crippen LogP contribution in [0, 0.1) is 10.1 Å². The van der Waals surface area contributed by atoms with Crippen molar-refractivity contribution >= 4 is 17.4 Å². The Bertz CT molecular complexity index is 529. The van der Waals surface area contributed by atoms with E-state index in [2.05, 4.69) is 4.98 Å². The lowest BCUT2D eigenvalue weighted by atomic mass is 10.2. The molecule has 1 saturated heterocycles. The largest absolute Gasteiger partial charge is 0.372 e. The normalized spacial score (nSPS) is 16.7. The van der Waals surface area contributed by atoms with Crippen LogP contribution in [0.2, 0.25) is 0 Å². The number of amides is 1. The highest BCUT2D eigenvalue weighted by Crippen LogP contribution is 2.25. The van der Waals surface area contributed by atoms with Crippen LogP contribution in [0.25, 0.3) is 0 Å². The molecule has 8 heteroatoms. The number of rotatable bonds is 4. The average molecular weight is 294 g/mol. The molecule has 2 heterocycles. The van der Waals surface area contributed by atoms with Gasteiger partial charge in [-0.1, -0.05) is 0 Å². The van der Waals surface area contributed by atoms with E-state index in [0.29, 0.717) is 32.0 Å². The van der Waals surface area contributed by atoms with Gasteiger partial charge < -0.3 is 14.5 Å². The fraction of sp³-hybridized carbons (Fsp3) is 0.538. The standard InChI is InChI=1S/C13H18N4O4/c1-10(21-2)13(18)16-8-6-15(7-9-16)12-11(17(19)20)4-3-5-14-12/h3-5,10H,6-9H2,1-2H3. The van der Waals surface area contributed by atoms with Crippen LogP contribution in [0.3, 0.4) is 0 Å². The molecule has 8 nitrogen and oxygen atoms in total. The number of anilines is 1. The summed E-state index contributed by atoms with van der Waals surface area (Å²) in [6, 6.07) is 2.98. The summed E-state index contributed by atoms with van der Waals surface area (Å²) in [5.41, 5.74) is -0.0115. The van der Waals surface area contributed by atoms with Gasteiger partial charge in [-0.25, -0.2) is 4.98 Å². The van der Waals surface area contributed by atoms with E-state index >= 15 is 0 Å². The van der Waals surface area contributed by atoms with E-state index in [1.165, 1.54) is 19.4 Å². The Morgan fingerprint density at radius 2 is 2.10 bits per heavy atom. The Labute approximate surface area is 122 Å². The second-order valence-corrected chi connectivity index (χ2v) is 4.79. The van der Waals surface area contributed by atoms with Gasteiger partial charge in [0, 0.05) is 45.6 Å². The smallest absolute Gasteiger partial charge is 0.311 e. The third kappa shape index (κ3) is 3.27.